The molecule has 0 saturated carbocycles. The van der Waals surface area contributed by atoms with E-state index >= 15 is 0 Å². The molecular weight excluding hydrogens is 335 g/mol. The Morgan fingerprint density at radius 2 is 2.10 bits per heavy atom. The molecule has 21 heavy (non-hydrogen) atoms. The Balaban J connectivity index is 2.08. The first-order valence-corrected chi connectivity index (χ1v) is 7.36. The molecule has 0 radical (unpaired) electrons. The molecule has 2 aromatic rings. The summed E-state index contributed by atoms with van der Waals surface area (Å²) in [6, 6.07) is 4.70. The highest BCUT2D eigenvalue weighted by molar-refractivity contribution is 7.13. The Morgan fingerprint density at radius 3 is 2.67 bits per heavy atom. The summed E-state index contributed by atoms with van der Waals surface area (Å²) in [5.74, 6) is -1.64. The summed E-state index contributed by atoms with van der Waals surface area (Å²) in [5.41, 5.74) is 0.770. The van der Waals surface area contributed by atoms with Gasteiger partial charge in [0.15, 0.2) is 0 Å². The average molecular weight is 344 g/mol. The molecule has 1 N–H and O–H groups in total. The van der Waals surface area contributed by atoms with Crippen LogP contribution in [0.2, 0.25) is 10.0 Å². The number of hydrogen-bond acceptors (Lipinski definition) is 5. The average Bonchev–Trinajstić information content (AvgIpc) is 2.74. The van der Waals surface area contributed by atoms with E-state index < -0.39 is 5.97 Å². The zero-order valence-electron chi connectivity index (χ0n) is 10.8. The first kappa shape index (κ1) is 15.8. The van der Waals surface area contributed by atoms with E-state index in [0.29, 0.717) is 26.4 Å². The molecule has 0 spiro atoms. The number of anilines is 1. The molecule has 0 bridgehead atoms. The minimum absolute atomic E-state index is 0.0299. The van der Waals surface area contributed by atoms with E-state index in [1.54, 1.807) is 19.1 Å². The monoisotopic (exact) mass is 343 g/mol. The second-order valence-corrected chi connectivity index (χ2v) is 6.09. The number of aromatic nitrogens is 1. The molecule has 5 nitrogen and oxygen atoms in total. The van der Waals surface area contributed by atoms with Crippen molar-refractivity contribution in [3.05, 3.63) is 43.8 Å². The van der Waals surface area contributed by atoms with Crippen LogP contribution in [0.15, 0.2) is 18.2 Å². The van der Waals surface area contributed by atoms with Gasteiger partial charge < -0.3 is 15.2 Å². The van der Waals surface area contributed by atoms with E-state index in [1.807, 2.05) is 0 Å². The third-order valence-electron chi connectivity index (χ3n) is 2.54. The number of nitrogens with zero attached hydrogens (tertiary/aromatic N) is 1. The summed E-state index contributed by atoms with van der Waals surface area (Å²) in [4.78, 5) is 26.8. The molecule has 0 fully saturated rings. The Morgan fingerprint density at radius 1 is 1.38 bits per heavy atom. The van der Waals surface area contributed by atoms with Crippen LogP contribution in [0.1, 0.15) is 20.4 Å². The van der Waals surface area contributed by atoms with Crippen molar-refractivity contribution in [2.24, 2.45) is 0 Å². The van der Waals surface area contributed by atoms with Crippen molar-refractivity contribution in [1.82, 2.24) is 4.98 Å². The van der Waals surface area contributed by atoms with E-state index in [-0.39, 0.29) is 17.2 Å². The van der Waals surface area contributed by atoms with Gasteiger partial charge in [-0.2, -0.15) is 0 Å². The van der Waals surface area contributed by atoms with Gasteiger partial charge in [0, 0.05) is 5.02 Å². The Bertz CT molecular complexity index is 715. The van der Waals surface area contributed by atoms with Crippen LogP contribution in [0.3, 0.4) is 0 Å². The number of carboxylic acids is 1. The second kappa shape index (κ2) is 6.43. The van der Waals surface area contributed by atoms with Gasteiger partial charge in [0.25, 0.3) is 0 Å². The summed E-state index contributed by atoms with van der Waals surface area (Å²) in [6.07, 6.45) is -0.0439. The number of thiazole rings is 1. The quantitative estimate of drug-likeness (QED) is 0.923. The summed E-state index contributed by atoms with van der Waals surface area (Å²) >= 11 is 12.6. The fourth-order valence-corrected chi connectivity index (χ4v) is 2.99. The van der Waals surface area contributed by atoms with E-state index in [4.69, 9.17) is 23.2 Å². The molecule has 1 heterocycles. The van der Waals surface area contributed by atoms with Gasteiger partial charge >= 0.3 is 0 Å². The lowest BCUT2D eigenvalue weighted by Crippen LogP contribution is -2.21. The highest BCUT2D eigenvalue weighted by Gasteiger charge is 2.13. The van der Waals surface area contributed by atoms with Crippen LogP contribution in [0, 0.1) is 6.92 Å². The van der Waals surface area contributed by atoms with Crippen LogP contribution < -0.4 is 10.4 Å². The van der Waals surface area contributed by atoms with Crippen molar-refractivity contribution < 1.29 is 14.7 Å². The van der Waals surface area contributed by atoms with Crippen LogP contribution in [-0.4, -0.2) is 16.9 Å². The number of aryl methyl sites for hydroxylation is 1. The van der Waals surface area contributed by atoms with Gasteiger partial charge in [-0.15, -0.1) is 11.3 Å². The molecule has 0 saturated heterocycles. The van der Waals surface area contributed by atoms with Gasteiger partial charge in [-0.3, -0.25) is 4.79 Å². The standard InChI is InChI=1S/C13H10Cl2N2O3S/c1-6-12(13(19)20)21-11(16-6)5-10(18)17-9-3-2-7(14)4-8(9)15/h2-4H,5H2,1H3,(H,17,18)(H,19,20)/p-1. The highest BCUT2D eigenvalue weighted by atomic mass is 35.5. The van der Waals surface area contributed by atoms with Gasteiger partial charge in [-0.25, -0.2) is 4.98 Å². The topological polar surface area (TPSA) is 82.1 Å². The first-order valence-electron chi connectivity index (χ1n) is 5.79. The Hall–Kier alpha value is -1.63. The number of halogens is 2. The Kier molecular flexibility index (Phi) is 4.82. The normalized spacial score (nSPS) is 10.4. The van der Waals surface area contributed by atoms with E-state index in [9.17, 15) is 14.7 Å². The maximum absolute atomic E-state index is 11.9. The summed E-state index contributed by atoms with van der Waals surface area (Å²) in [6.45, 7) is 1.55. The molecule has 0 atom stereocenters. The van der Waals surface area contributed by atoms with Crippen molar-refractivity contribution in [2.75, 3.05) is 5.32 Å². The maximum Gasteiger partial charge on any atom is 0.231 e. The zero-order valence-corrected chi connectivity index (χ0v) is 13.1. The maximum atomic E-state index is 11.9. The van der Waals surface area contributed by atoms with Crippen molar-refractivity contribution in [3.63, 3.8) is 0 Å². The van der Waals surface area contributed by atoms with Gasteiger partial charge in [-0.05, 0) is 25.1 Å². The molecule has 0 aliphatic heterocycles. The number of rotatable bonds is 4. The summed E-state index contributed by atoms with van der Waals surface area (Å²) in [7, 11) is 0. The molecule has 1 aromatic heterocycles. The number of aromatic carboxylic acids is 1. The van der Waals surface area contributed by atoms with Gasteiger partial charge in [0.1, 0.15) is 5.01 Å². The lowest BCUT2D eigenvalue weighted by atomic mass is 10.3. The molecule has 1 amide bonds. The minimum Gasteiger partial charge on any atom is -0.544 e. The number of nitrogens with one attached hydrogen (secondary N) is 1. The van der Waals surface area contributed by atoms with Gasteiger partial charge in [0.2, 0.25) is 5.91 Å². The van der Waals surface area contributed by atoms with Crippen LogP contribution in [0.25, 0.3) is 0 Å². The number of amides is 1. The largest absolute Gasteiger partial charge is 0.544 e. The fourth-order valence-electron chi connectivity index (χ4n) is 1.64. The molecular formula is C13H9Cl2N2O3S-. The first-order chi connectivity index (χ1) is 9.86. The second-order valence-electron chi connectivity index (χ2n) is 4.16. The zero-order chi connectivity index (χ0) is 15.6. The number of carboxylic acid groups (broad SMARTS) is 1. The molecule has 0 aliphatic rings. The third kappa shape index (κ3) is 3.93. The van der Waals surface area contributed by atoms with E-state index in [2.05, 4.69) is 10.3 Å². The molecule has 0 aliphatic carbocycles. The summed E-state index contributed by atoms with van der Waals surface area (Å²) in [5, 5.41) is 14.6. The molecule has 110 valence electrons. The van der Waals surface area contributed by atoms with E-state index in [1.165, 1.54) is 6.07 Å². The number of benzene rings is 1. The SMILES string of the molecule is Cc1nc(CC(=O)Nc2ccc(Cl)cc2Cl)sc1C(=O)[O-]. The van der Waals surface area contributed by atoms with Crippen molar-refractivity contribution in [3.8, 4) is 0 Å². The Labute approximate surface area is 134 Å². The van der Waals surface area contributed by atoms with Gasteiger partial charge in [0.05, 0.1) is 33.7 Å². The number of hydrogen-bond donors (Lipinski definition) is 1. The highest BCUT2D eigenvalue weighted by Crippen LogP contribution is 2.25. The van der Waals surface area contributed by atoms with Crippen molar-refractivity contribution >= 4 is 52.1 Å². The number of carbonyl (C=O) groups excluding carboxylic acids is 2. The third-order valence-corrected chi connectivity index (χ3v) is 4.23. The predicted octanol–water partition coefficient (Wildman–Crippen LogP) is 2.30. The summed E-state index contributed by atoms with van der Waals surface area (Å²) < 4.78 is 0. The van der Waals surface area contributed by atoms with Crippen molar-refractivity contribution in [2.45, 2.75) is 13.3 Å². The smallest absolute Gasteiger partial charge is 0.231 e. The van der Waals surface area contributed by atoms with Gasteiger partial charge in [-0.1, -0.05) is 23.2 Å². The number of carbonyl (C=O) groups is 2. The molecule has 0 unspecified atom stereocenters. The fraction of sp³-hybridized carbons (Fsp3) is 0.154. The van der Waals surface area contributed by atoms with E-state index in [0.717, 1.165) is 11.3 Å². The van der Waals surface area contributed by atoms with Crippen LogP contribution >= 0.6 is 34.5 Å². The van der Waals surface area contributed by atoms with Crippen molar-refractivity contribution in [1.29, 1.82) is 0 Å². The minimum atomic E-state index is -1.29. The lowest BCUT2D eigenvalue weighted by Gasteiger charge is -2.06. The molecule has 2 rings (SSSR count). The lowest BCUT2D eigenvalue weighted by molar-refractivity contribution is -0.254. The van der Waals surface area contributed by atoms with Crippen LogP contribution in [-0.2, 0) is 11.2 Å². The molecule has 1 aromatic carbocycles. The van der Waals surface area contributed by atoms with Crippen LogP contribution in [0.5, 0.6) is 0 Å². The predicted molar refractivity (Wildman–Crippen MR) is 80.0 cm³/mol. The van der Waals surface area contributed by atoms with Crippen LogP contribution in [0.4, 0.5) is 5.69 Å². The molecule has 8 heteroatoms.